The van der Waals surface area contributed by atoms with Crippen LogP contribution in [-0.2, 0) is 20.8 Å². The van der Waals surface area contributed by atoms with Crippen molar-refractivity contribution >= 4 is 11.7 Å². The van der Waals surface area contributed by atoms with Gasteiger partial charge in [-0.3, -0.25) is 0 Å². The summed E-state index contributed by atoms with van der Waals surface area (Å²) in [6.07, 6.45) is 2.55. The highest BCUT2D eigenvalue weighted by Gasteiger charge is 2.13. The lowest BCUT2D eigenvalue weighted by molar-refractivity contribution is 0.0278. The van der Waals surface area contributed by atoms with Crippen molar-refractivity contribution in [3.05, 3.63) is 18.0 Å². The summed E-state index contributed by atoms with van der Waals surface area (Å²) in [6.45, 7) is 4.51. The van der Waals surface area contributed by atoms with E-state index in [9.17, 15) is 4.79 Å². The summed E-state index contributed by atoms with van der Waals surface area (Å²) in [6, 6.07) is 1.62. The lowest BCUT2D eigenvalue weighted by Crippen LogP contribution is -2.14. The minimum absolute atomic E-state index is 0.237. The molecule has 0 saturated heterocycles. The van der Waals surface area contributed by atoms with Crippen molar-refractivity contribution in [2.45, 2.75) is 19.9 Å². The van der Waals surface area contributed by atoms with Crippen molar-refractivity contribution in [1.82, 2.24) is 4.57 Å². The molecule has 0 bridgehead atoms. The second-order valence-corrected chi connectivity index (χ2v) is 4.04. The second-order valence-electron chi connectivity index (χ2n) is 4.04. The zero-order valence-corrected chi connectivity index (χ0v) is 11.6. The van der Waals surface area contributed by atoms with Gasteiger partial charge in [0.25, 0.3) is 0 Å². The van der Waals surface area contributed by atoms with E-state index in [-0.39, 0.29) is 12.6 Å². The van der Waals surface area contributed by atoms with Gasteiger partial charge in [-0.15, -0.1) is 0 Å². The van der Waals surface area contributed by atoms with Crippen molar-refractivity contribution < 1.29 is 19.0 Å². The first-order chi connectivity index (χ1) is 9.19. The molecule has 0 aliphatic rings. The minimum atomic E-state index is -0.376. The number of rotatable bonds is 9. The highest BCUT2D eigenvalue weighted by atomic mass is 16.6. The zero-order chi connectivity index (χ0) is 14.1. The van der Waals surface area contributed by atoms with Crippen LogP contribution >= 0.6 is 0 Å². The molecular weight excluding hydrogens is 248 g/mol. The number of methoxy groups -OCH3 is 1. The molecule has 6 heteroatoms. The van der Waals surface area contributed by atoms with Crippen LogP contribution in [-0.4, -0.2) is 44.1 Å². The third-order valence-electron chi connectivity index (χ3n) is 2.57. The predicted octanol–water partition coefficient (Wildman–Crippen LogP) is 1.30. The van der Waals surface area contributed by atoms with Gasteiger partial charge < -0.3 is 24.5 Å². The number of nitrogen functional groups attached to an aromatic ring is 1. The van der Waals surface area contributed by atoms with Gasteiger partial charge in [-0.1, -0.05) is 0 Å². The predicted molar refractivity (Wildman–Crippen MR) is 72.1 cm³/mol. The number of carbonyl (C=O) groups is 1. The molecule has 108 valence electrons. The van der Waals surface area contributed by atoms with E-state index >= 15 is 0 Å². The van der Waals surface area contributed by atoms with Crippen LogP contribution in [0.2, 0.25) is 0 Å². The van der Waals surface area contributed by atoms with Crippen LogP contribution in [0.1, 0.15) is 23.8 Å². The fraction of sp³-hybridized carbons (Fsp3) is 0.615. The van der Waals surface area contributed by atoms with Crippen molar-refractivity contribution in [2.75, 3.05) is 39.3 Å². The molecule has 1 rings (SSSR count). The summed E-state index contributed by atoms with van der Waals surface area (Å²) < 4.78 is 17.1. The van der Waals surface area contributed by atoms with Crippen LogP contribution in [0, 0.1) is 0 Å². The molecule has 2 N–H and O–H groups in total. The Bertz CT molecular complexity index is 390. The Morgan fingerprint density at radius 3 is 2.79 bits per heavy atom. The first kappa shape index (κ1) is 15.5. The monoisotopic (exact) mass is 270 g/mol. The minimum Gasteiger partial charge on any atom is -0.459 e. The molecule has 1 aromatic heterocycles. The molecule has 0 saturated carbocycles. The Kier molecular flexibility index (Phi) is 6.99. The van der Waals surface area contributed by atoms with Crippen LogP contribution in [0.5, 0.6) is 0 Å². The standard InChI is InChI=1S/C13H22N2O4/c1-3-15-10-11(14)9-12(15)13(16)19-8-7-18-6-4-5-17-2/h9-10H,3-8,14H2,1-2H3. The van der Waals surface area contributed by atoms with Crippen LogP contribution < -0.4 is 5.73 Å². The number of esters is 1. The number of hydrogen-bond acceptors (Lipinski definition) is 5. The first-order valence-electron chi connectivity index (χ1n) is 6.38. The van der Waals surface area contributed by atoms with Crippen LogP contribution in [0.15, 0.2) is 12.3 Å². The van der Waals surface area contributed by atoms with Crippen molar-refractivity contribution in [3.8, 4) is 0 Å². The van der Waals surface area contributed by atoms with Crippen LogP contribution in [0.3, 0.4) is 0 Å². The van der Waals surface area contributed by atoms with Gasteiger partial charge in [0.1, 0.15) is 12.3 Å². The summed E-state index contributed by atoms with van der Waals surface area (Å²) in [4.78, 5) is 11.8. The first-order valence-corrected chi connectivity index (χ1v) is 6.38. The van der Waals surface area contributed by atoms with Crippen molar-refractivity contribution in [2.24, 2.45) is 0 Å². The molecule has 0 unspecified atom stereocenters. The van der Waals surface area contributed by atoms with Gasteiger partial charge in [-0.25, -0.2) is 4.79 Å². The number of aromatic nitrogens is 1. The smallest absolute Gasteiger partial charge is 0.355 e. The molecule has 0 aliphatic heterocycles. The Labute approximate surface area is 113 Å². The van der Waals surface area contributed by atoms with E-state index in [0.717, 1.165) is 6.42 Å². The summed E-state index contributed by atoms with van der Waals surface area (Å²) >= 11 is 0. The molecule has 0 aliphatic carbocycles. The normalized spacial score (nSPS) is 10.6. The van der Waals surface area contributed by atoms with E-state index in [2.05, 4.69) is 0 Å². The third-order valence-corrected chi connectivity index (χ3v) is 2.57. The fourth-order valence-corrected chi connectivity index (χ4v) is 1.64. The van der Waals surface area contributed by atoms with Gasteiger partial charge in [0.15, 0.2) is 0 Å². The number of nitrogens with zero attached hydrogens (tertiary/aromatic N) is 1. The average molecular weight is 270 g/mol. The van der Waals surface area contributed by atoms with Gasteiger partial charge in [-0.2, -0.15) is 0 Å². The quantitative estimate of drug-likeness (QED) is 0.540. The number of nitrogens with two attached hydrogens (primary N) is 1. The van der Waals surface area contributed by atoms with Gasteiger partial charge in [0.05, 0.1) is 12.3 Å². The molecule has 0 amide bonds. The van der Waals surface area contributed by atoms with E-state index < -0.39 is 0 Å². The van der Waals surface area contributed by atoms with Gasteiger partial charge in [0, 0.05) is 33.1 Å². The number of ether oxygens (including phenoxy) is 3. The maximum Gasteiger partial charge on any atom is 0.355 e. The molecule has 6 nitrogen and oxygen atoms in total. The van der Waals surface area contributed by atoms with E-state index in [1.807, 2.05) is 6.92 Å². The Hall–Kier alpha value is -1.53. The number of carbonyl (C=O) groups excluding carboxylic acids is 1. The van der Waals surface area contributed by atoms with Gasteiger partial charge >= 0.3 is 5.97 Å². The maximum absolute atomic E-state index is 11.8. The Morgan fingerprint density at radius 1 is 1.32 bits per heavy atom. The lowest BCUT2D eigenvalue weighted by atomic mass is 10.4. The number of anilines is 1. The molecule has 0 aromatic carbocycles. The highest BCUT2D eigenvalue weighted by molar-refractivity contribution is 5.89. The van der Waals surface area contributed by atoms with Crippen LogP contribution in [0.4, 0.5) is 5.69 Å². The SMILES string of the molecule is CCn1cc(N)cc1C(=O)OCCOCCCOC. The molecule has 19 heavy (non-hydrogen) atoms. The Morgan fingerprint density at radius 2 is 2.11 bits per heavy atom. The molecule has 1 aromatic rings. The highest BCUT2D eigenvalue weighted by Crippen LogP contribution is 2.11. The summed E-state index contributed by atoms with van der Waals surface area (Å²) in [7, 11) is 1.65. The molecular formula is C13H22N2O4. The fourth-order valence-electron chi connectivity index (χ4n) is 1.64. The van der Waals surface area contributed by atoms with Gasteiger partial charge in [-0.05, 0) is 19.4 Å². The summed E-state index contributed by atoms with van der Waals surface area (Å²) in [5.74, 6) is -0.376. The second kappa shape index (κ2) is 8.55. The Balaban J connectivity index is 2.24. The molecule has 0 fully saturated rings. The topological polar surface area (TPSA) is 75.7 Å². The summed E-state index contributed by atoms with van der Waals surface area (Å²) in [5.41, 5.74) is 6.68. The zero-order valence-electron chi connectivity index (χ0n) is 11.6. The van der Waals surface area contributed by atoms with Crippen molar-refractivity contribution in [3.63, 3.8) is 0 Å². The molecule has 0 spiro atoms. The largest absolute Gasteiger partial charge is 0.459 e. The third kappa shape index (κ3) is 5.32. The van der Waals surface area contributed by atoms with Gasteiger partial charge in [0.2, 0.25) is 0 Å². The molecule has 0 radical (unpaired) electrons. The molecule has 0 atom stereocenters. The van der Waals surface area contributed by atoms with E-state index in [1.165, 1.54) is 0 Å². The maximum atomic E-state index is 11.8. The molecule has 1 heterocycles. The summed E-state index contributed by atoms with van der Waals surface area (Å²) in [5, 5.41) is 0. The lowest BCUT2D eigenvalue weighted by Gasteiger charge is -2.07. The van der Waals surface area contributed by atoms with Crippen molar-refractivity contribution in [1.29, 1.82) is 0 Å². The van der Waals surface area contributed by atoms with E-state index in [0.29, 0.717) is 37.7 Å². The number of aryl methyl sites for hydroxylation is 1. The van der Waals surface area contributed by atoms with E-state index in [4.69, 9.17) is 19.9 Å². The number of hydrogen-bond donors (Lipinski definition) is 1. The van der Waals surface area contributed by atoms with Crippen LogP contribution in [0.25, 0.3) is 0 Å². The van der Waals surface area contributed by atoms with E-state index in [1.54, 1.807) is 23.9 Å². The average Bonchev–Trinajstić information content (AvgIpc) is 2.79.